The van der Waals surface area contributed by atoms with Gasteiger partial charge < -0.3 is 5.32 Å². The topological polar surface area (TPSA) is 46.2 Å². The highest BCUT2D eigenvalue weighted by molar-refractivity contribution is 7.91. The summed E-state index contributed by atoms with van der Waals surface area (Å²) in [4.78, 5) is 0. The number of nitrogens with one attached hydrogen (secondary N) is 1. The first-order chi connectivity index (χ1) is 8.99. The van der Waals surface area contributed by atoms with Gasteiger partial charge in [0.25, 0.3) is 0 Å². The highest BCUT2D eigenvalue weighted by atomic mass is 35.5. The van der Waals surface area contributed by atoms with Crippen LogP contribution in [0.25, 0.3) is 0 Å². The molecule has 1 aromatic rings. The van der Waals surface area contributed by atoms with Crippen LogP contribution in [0.1, 0.15) is 25.3 Å². The molecular weight excluding hydrogens is 282 g/mol. The van der Waals surface area contributed by atoms with Crippen LogP contribution in [0.4, 0.5) is 0 Å². The Morgan fingerprint density at radius 3 is 2.47 bits per heavy atom. The van der Waals surface area contributed by atoms with E-state index < -0.39 is 9.84 Å². The standard InChI is InChI=1S/C14H20ClNO2S/c1-2-8-19(17,18)9-7-14(10-16-11-14)12-5-3-4-6-13(12)15/h3-6,16H,2,7-11H2,1H3. The molecule has 106 valence electrons. The molecule has 1 heterocycles. The third-order valence-electron chi connectivity index (χ3n) is 3.78. The molecule has 1 fully saturated rings. The highest BCUT2D eigenvalue weighted by Crippen LogP contribution is 2.36. The molecule has 0 saturated carbocycles. The van der Waals surface area contributed by atoms with Crippen LogP contribution in [0, 0.1) is 0 Å². The van der Waals surface area contributed by atoms with Crippen LogP contribution in [0.3, 0.4) is 0 Å². The number of hydrogen-bond donors (Lipinski definition) is 1. The fraction of sp³-hybridized carbons (Fsp3) is 0.571. The van der Waals surface area contributed by atoms with Gasteiger partial charge in [-0.3, -0.25) is 0 Å². The number of benzene rings is 1. The Balaban J connectivity index is 2.14. The van der Waals surface area contributed by atoms with E-state index in [1.165, 1.54) is 0 Å². The first kappa shape index (κ1) is 14.8. The van der Waals surface area contributed by atoms with Crippen LogP contribution < -0.4 is 5.32 Å². The van der Waals surface area contributed by atoms with Crippen LogP contribution in [0.2, 0.25) is 5.02 Å². The zero-order valence-electron chi connectivity index (χ0n) is 11.2. The second-order valence-corrected chi connectivity index (χ2v) is 7.98. The monoisotopic (exact) mass is 301 g/mol. The molecule has 0 aromatic heterocycles. The lowest BCUT2D eigenvalue weighted by Gasteiger charge is -2.43. The lowest BCUT2D eigenvalue weighted by molar-refractivity contribution is 0.268. The molecule has 0 radical (unpaired) electrons. The molecule has 0 unspecified atom stereocenters. The van der Waals surface area contributed by atoms with E-state index in [-0.39, 0.29) is 16.9 Å². The van der Waals surface area contributed by atoms with Crippen molar-refractivity contribution >= 4 is 21.4 Å². The summed E-state index contributed by atoms with van der Waals surface area (Å²) in [6.07, 6.45) is 1.33. The van der Waals surface area contributed by atoms with Crippen LogP contribution in [-0.2, 0) is 15.3 Å². The van der Waals surface area contributed by atoms with Gasteiger partial charge in [0, 0.05) is 29.3 Å². The Kier molecular flexibility index (Phi) is 4.54. The molecule has 1 saturated heterocycles. The van der Waals surface area contributed by atoms with Gasteiger partial charge in [-0.15, -0.1) is 0 Å². The molecule has 5 heteroatoms. The maximum atomic E-state index is 11.9. The SMILES string of the molecule is CCCS(=O)(=O)CCC1(c2ccccc2Cl)CNC1. The van der Waals surface area contributed by atoms with Gasteiger partial charge in [-0.05, 0) is 24.5 Å². The Labute approximate surface area is 120 Å². The smallest absolute Gasteiger partial charge is 0.150 e. The average molecular weight is 302 g/mol. The highest BCUT2D eigenvalue weighted by Gasteiger charge is 2.40. The third kappa shape index (κ3) is 3.30. The molecule has 1 N–H and O–H groups in total. The van der Waals surface area contributed by atoms with Gasteiger partial charge in [-0.2, -0.15) is 0 Å². The molecule has 0 amide bonds. The van der Waals surface area contributed by atoms with Gasteiger partial charge in [0.2, 0.25) is 0 Å². The predicted octanol–water partition coefficient (Wildman–Crippen LogP) is 2.40. The molecule has 1 aliphatic heterocycles. The Hall–Kier alpha value is -0.580. The fourth-order valence-corrected chi connectivity index (χ4v) is 4.45. The van der Waals surface area contributed by atoms with Gasteiger partial charge in [-0.1, -0.05) is 36.7 Å². The minimum absolute atomic E-state index is 0.112. The summed E-state index contributed by atoms with van der Waals surface area (Å²) < 4.78 is 23.8. The summed E-state index contributed by atoms with van der Waals surface area (Å²) in [6, 6.07) is 7.74. The van der Waals surface area contributed by atoms with Crippen molar-refractivity contribution in [2.45, 2.75) is 25.2 Å². The maximum absolute atomic E-state index is 11.9. The molecule has 3 nitrogen and oxygen atoms in total. The Bertz CT molecular complexity index is 538. The van der Waals surface area contributed by atoms with Crippen molar-refractivity contribution in [1.29, 1.82) is 0 Å². The van der Waals surface area contributed by atoms with E-state index in [1.54, 1.807) is 0 Å². The molecule has 0 atom stereocenters. The van der Waals surface area contributed by atoms with Crippen molar-refractivity contribution in [3.05, 3.63) is 34.9 Å². The molecule has 2 rings (SSSR count). The van der Waals surface area contributed by atoms with Gasteiger partial charge in [0.05, 0.1) is 5.75 Å². The minimum Gasteiger partial charge on any atom is -0.315 e. The van der Waals surface area contributed by atoms with E-state index in [1.807, 2.05) is 31.2 Å². The summed E-state index contributed by atoms with van der Waals surface area (Å²) >= 11 is 6.26. The quantitative estimate of drug-likeness (QED) is 0.877. The van der Waals surface area contributed by atoms with Crippen molar-refractivity contribution in [3.63, 3.8) is 0 Å². The summed E-state index contributed by atoms with van der Waals surface area (Å²) in [5.74, 6) is 0.521. The Morgan fingerprint density at radius 2 is 1.95 bits per heavy atom. The van der Waals surface area contributed by atoms with Crippen molar-refractivity contribution in [1.82, 2.24) is 5.32 Å². The van der Waals surface area contributed by atoms with Crippen LogP contribution in [0.15, 0.2) is 24.3 Å². The molecule has 0 aliphatic carbocycles. The van der Waals surface area contributed by atoms with Crippen molar-refractivity contribution < 1.29 is 8.42 Å². The van der Waals surface area contributed by atoms with E-state index in [4.69, 9.17) is 11.6 Å². The van der Waals surface area contributed by atoms with E-state index in [0.717, 1.165) is 23.7 Å². The largest absolute Gasteiger partial charge is 0.315 e. The molecule has 1 aliphatic rings. The predicted molar refractivity (Wildman–Crippen MR) is 79.6 cm³/mol. The summed E-state index contributed by atoms with van der Waals surface area (Å²) in [5.41, 5.74) is 0.959. The number of sulfone groups is 1. The average Bonchev–Trinajstić information content (AvgIpc) is 2.29. The van der Waals surface area contributed by atoms with Gasteiger partial charge in [0.1, 0.15) is 9.84 Å². The Morgan fingerprint density at radius 1 is 1.26 bits per heavy atom. The van der Waals surface area contributed by atoms with Crippen molar-refractivity contribution in [2.75, 3.05) is 24.6 Å². The number of halogens is 1. The first-order valence-electron chi connectivity index (χ1n) is 6.65. The zero-order chi connectivity index (χ0) is 13.9. The van der Waals surface area contributed by atoms with E-state index >= 15 is 0 Å². The van der Waals surface area contributed by atoms with E-state index in [9.17, 15) is 8.42 Å². The second-order valence-electron chi connectivity index (χ2n) is 5.27. The second kappa shape index (κ2) is 5.81. The zero-order valence-corrected chi connectivity index (χ0v) is 12.7. The van der Waals surface area contributed by atoms with Crippen molar-refractivity contribution in [2.24, 2.45) is 0 Å². The fourth-order valence-electron chi connectivity index (χ4n) is 2.58. The van der Waals surface area contributed by atoms with E-state index in [2.05, 4.69) is 5.32 Å². The molecule has 1 aromatic carbocycles. The summed E-state index contributed by atoms with van der Waals surface area (Å²) in [7, 11) is -2.93. The van der Waals surface area contributed by atoms with Gasteiger partial charge >= 0.3 is 0 Å². The summed E-state index contributed by atoms with van der Waals surface area (Å²) in [5, 5.41) is 3.98. The molecular formula is C14H20ClNO2S. The minimum atomic E-state index is -2.93. The van der Waals surface area contributed by atoms with Crippen LogP contribution >= 0.6 is 11.6 Å². The van der Waals surface area contributed by atoms with Gasteiger partial charge in [-0.25, -0.2) is 8.42 Å². The van der Waals surface area contributed by atoms with Gasteiger partial charge in [0.15, 0.2) is 0 Å². The third-order valence-corrected chi connectivity index (χ3v) is 5.96. The van der Waals surface area contributed by atoms with E-state index in [0.29, 0.717) is 12.8 Å². The number of rotatable bonds is 6. The molecule has 0 bridgehead atoms. The lowest BCUT2D eigenvalue weighted by Crippen LogP contribution is -2.57. The van der Waals surface area contributed by atoms with Crippen molar-refractivity contribution in [3.8, 4) is 0 Å². The van der Waals surface area contributed by atoms with Crippen LogP contribution in [-0.4, -0.2) is 33.0 Å². The normalized spacial score (nSPS) is 18.0. The molecule has 19 heavy (non-hydrogen) atoms. The van der Waals surface area contributed by atoms with Crippen LogP contribution in [0.5, 0.6) is 0 Å². The maximum Gasteiger partial charge on any atom is 0.150 e. The summed E-state index contributed by atoms with van der Waals surface area (Å²) in [6.45, 7) is 3.50. The lowest BCUT2D eigenvalue weighted by atomic mass is 9.73. The molecule has 0 spiro atoms. The first-order valence-corrected chi connectivity index (χ1v) is 8.85. The number of hydrogen-bond acceptors (Lipinski definition) is 3.